The van der Waals surface area contributed by atoms with Gasteiger partial charge in [0.15, 0.2) is 11.5 Å². The summed E-state index contributed by atoms with van der Waals surface area (Å²) in [5.41, 5.74) is 0.448. The topological polar surface area (TPSA) is 81.0 Å². The zero-order valence-electron chi connectivity index (χ0n) is 9.21. The van der Waals surface area contributed by atoms with Crippen molar-refractivity contribution in [3.63, 3.8) is 0 Å². The van der Waals surface area contributed by atoms with Crippen LogP contribution in [-0.4, -0.2) is 39.7 Å². The van der Waals surface area contributed by atoms with Crippen LogP contribution in [0.1, 0.15) is 18.6 Å². The third-order valence-electron chi connectivity index (χ3n) is 2.37. The van der Waals surface area contributed by atoms with E-state index >= 15 is 0 Å². The number of hydrogen-bond donors (Lipinski definition) is 3. The Morgan fingerprint density at radius 1 is 1.38 bits per heavy atom. The van der Waals surface area contributed by atoms with Crippen LogP contribution >= 0.6 is 0 Å². The van der Waals surface area contributed by atoms with E-state index < -0.39 is 6.10 Å². The molecule has 0 heterocycles. The number of benzene rings is 1. The number of hydrogen-bond acceptors (Lipinski definition) is 4. The van der Waals surface area contributed by atoms with Crippen molar-refractivity contribution in [1.82, 2.24) is 4.90 Å². The molecule has 0 aliphatic rings. The molecule has 1 rings (SSSR count). The number of carbonyl (C=O) groups excluding carboxylic acids is 1. The molecule has 1 aromatic rings. The highest BCUT2D eigenvalue weighted by Crippen LogP contribution is 2.27. The number of phenols is 2. The first kappa shape index (κ1) is 12.3. The largest absolute Gasteiger partial charge is 0.504 e. The lowest BCUT2D eigenvalue weighted by Crippen LogP contribution is -2.28. The predicted molar refractivity (Wildman–Crippen MR) is 58.0 cm³/mol. The standard InChI is InChI=1S/C11H15NO4/c1-7(13)12(2)6-11(16)8-3-4-9(14)10(15)5-8/h3-5,11,14-16H,6H2,1-2H3/t11-/m0/s1. The summed E-state index contributed by atoms with van der Waals surface area (Å²) in [6, 6.07) is 4.06. The van der Waals surface area contributed by atoms with Crippen molar-refractivity contribution < 1.29 is 20.1 Å². The Morgan fingerprint density at radius 2 is 2.00 bits per heavy atom. The van der Waals surface area contributed by atoms with Crippen LogP contribution in [-0.2, 0) is 4.79 Å². The Bertz CT molecular complexity index is 392. The van der Waals surface area contributed by atoms with Crippen LogP contribution in [0.5, 0.6) is 11.5 Å². The minimum Gasteiger partial charge on any atom is -0.504 e. The van der Waals surface area contributed by atoms with E-state index in [1.54, 1.807) is 7.05 Å². The van der Waals surface area contributed by atoms with Gasteiger partial charge in [-0.25, -0.2) is 0 Å². The van der Waals surface area contributed by atoms with E-state index in [-0.39, 0.29) is 24.0 Å². The number of amides is 1. The molecule has 1 amide bonds. The minimum absolute atomic E-state index is 0.138. The first-order chi connectivity index (χ1) is 7.41. The fourth-order valence-corrected chi connectivity index (χ4v) is 1.24. The molecular formula is C11H15NO4. The van der Waals surface area contributed by atoms with Gasteiger partial charge >= 0.3 is 0 Å². The number of aliphatic hydroxyl groups is 1. The summed E-state index contributed by atoms with van der Waals surface area (Å²) in [7, 11) is 1.58. The molecule has 0 saturated heterocycles. The Morgan fingerprint density at radius 3 is 2.50 bits per heavy atom. The summed E-state index contributed by atoms with van der Waals surface area (Å²) in [5, 5.41) is 28.1. The summed E-state index contributed by atoms with van der Waals surface area (Å²) in [5.74, 6) is -0.681. The summed E-state index contributed by atoms with van der Waals surface area (Å²) >= 11 is 0. The second-order valence-electron chi connectivity index (χ2n) is 3.66. The van der Waals surface area contributed by atoms with Gasteiger partial charge in [0.05, 0.1) is 12.6 Å². The van der Waals surface area contributed by atoms with Gasteiger partial charge in [-0.2, -0.15) is 0 Å². The lowest BCUT2D eigenvalue weighted by molar-refractivity contribution is -0.128. The third-order valence-corrected chi connectivity index (χ3v) is 2.37. The van der Waals surface area contributed by atoms with Crippen molar-refractivity contribution in [2.45, 2.75) is 13.0 Å². The van der Waals surface area contributed by atoms with Crippen molar-refractivity contribution in [2.24, 2.45) is 0 Å². The minimum atomic E-state index is -0.889. The molecule has 0 fully saturated rings. The maximum Gasteiger partial charge on any atom is 0.219 e. The lowest BCUT2D eigenvalue weighted by Gasteiger charge is -2.19. The maximum absolute atomic E-state index is 11.0. The smallest absolute Gasteiger partial charge is 0.219 e. The highest BCUT2D eigenvalue weighted by molar-refractivity contribution is 5.72. The fraction of sp³-hybridized carbons (Fsp3) is 0.364. The van der Waals surface area contributed by atoms with Crippen LogP contribution in [0.25, 0.3) is 0 Å². The Balaban J connectivity index is 2.76. The molecule has 1 aromatic carbocycles. The van der Waals surface area contributed by atoms with Gasteiger partial charge in [0.1, 0.15) is 0 Å². The van der Waals surface area contributed by atoms with Crippen molar-refractivity contribution in [3.05, 3.63) is 23.8 Å². The summed E-state index contributed by atoms with van der Waals surface area (Å²) in [6.07, 6.45) is -0.889. The second kappa shape index (κ2) is 4.85. The fourth-order valence-electron chi connectivity index (χ4n) is 1.24. The molecule has 88 valence electrons. The van der Waals surface area contributed by atoms with Gasteiger partial charge in [-0.05, 0) is 17.7 Å². The van der Waals surface area contributed by atoms with Crippen molar-refractivity contribution in [3.8, 4) is 11.5 Å². The van der Waals surface area contributed by atoms with Crippen LogP contribution in [0, 0.1) is 0 Å². The monoisotopic (exact) mass is 225 g/mol. The van der Waals surface area contributed by atoms with Gasteiger partial charge in [0, 0.05) is 14.0 Å². The summed E-state index contributed by atoms with van der Waals surface area (Å²) in [4.78, 5) is 12.3. The first-order valence-electron chi connectivity index (χ1n) is 4.83. The number of aliphatic hydroxyl groups excluding tert-OH is 1. The van der Waals surface area contributed by atoms with Gasteiger partial charge in [0.2, 0.25) is 5.91 Å². The van der Waals surface area contributed by atoms with Crippen LogP contribution in [0.3, 0.4) is 0 Å². The van der Waals surface area contributed by atoms with Gasteiger partial charge in [-0.3, -0.25) is 4.79 Å². The average Bonchev–Trinajstić information content (AvgIpc) is 2.21. The number of nitrogens with zero attached hydrogens (tertiary/aromatic N) is 1. The maximum atomic E-state index is 11.0. The van der Waals surface area contributed by atoms with Crippen LogP contribution in [0.2, 0.25) is 0 Å². The van der Waals surface area contributed by atoms with E-state index in [4.69, 9.17) is 5.11 Å². The normalized spacial score (nSPS) is 12.2. The molecule has 0 aromatic heterocycles. The molecule has 0 radical (unpaired) electrons. The van der Waals surface area contributed by atoms with Crippen LogP contribution < -0.4 is 0 Å². The van der Waals surface area contributed by atoms with E-state index in [1.165, 1.54) is 30.0 Å². The number of rotatable bonds is 3. The van der Waals surface area contributed by atoms with Crippen molar-refractivity contribution in [2.75, 3.05) is 13.6 Å². The third kappa shape index (κ3) is 2.87. The number of likely N-dealkylation sites (N-methyl/N-ethyl adjacent to an activating group) is 1. The van der Waals surface area contributed by atoms with E-state index in [0.29, 0.717) is 5.56 Å². The SMILES string of the molecule is CC(=O)N(C)C[C@H](O)c1ccc(O)c(O)c1. The van der Waals surface area contributed by atoms with Crippen molar-refractivity contribution >= 4 is 5.91 Å². The van der Waals surface area contributed by atoms with Crippen LogP contribution in [0.15, 0.2) is 18.2 Å². The zero-order chi connectivity index (χ0) is 12.3. The Labute approximate surface area is 93.6 Å². The molecule has 3 N–H and O–H groups in total. The number of phenolic OH excluding ortho intramolecular Hbond substituents is 2. The predicted octanol–water partition coefficient (Wildman–Crippen LogP) is 0.609. The molecule has 0 aliphatic heterocycles. The molecular weight excluding hydrogens is 210 g/mol. The quantitative estimate of drug-likeness (QED) is 0.658. The number of aromatic hydroxyl groups is 2. The highest BCUT2D eigenvalue weighted by Gasteiger charge is 2.13. The van der Waals surface area contributed by atoms with Crippen LogP contribution in [0.4, 0.5) is 0 Å². The molecule has 0 aliphatic carbocycles. The molecule has 0 spiro atoms. The Kier molecular flexibility index (Phi) is 3.73. The van der Waals surface area contributed by atoms with E-state index in [1.807, 2.05) is 0 Å². The molecule has 0 bridgehead atoms. The lowest BCUT2D eigenvalue weighted by atomic mass is 10.1. The van der Waals surface area contributed by atoms with Gasteiger partial charge in [-0.1, -0.05) is 6.07 Å². The Hall–Kier alpha value is -1.75. The zero-order valence-corrected chi connectivity index (χ0v) is 9.21. The molecule has 5 nitrogen and oxygen atoms in total. The second-order valence-corrected chi connectivity index (χ2v) is 3.66. The molecule has 1 atom stereocenters. The molecule has 0 saturated carbocycles. The first-order valence-corrected chi connectivity index (χ1v) is 4.83. The highest BCUT2D eigenvalue weighted by atomic mass is 16.3. The number of carbonyl (C=O) groups is 1. The molecule has 16 heavy (non-hydrogen) atoms. The molecule has 0 unspecified atom stereocenters. The average molecular weight is 225 g/mol. The van der Waals surface area contributed by atoms with E-state index in [2.05, 4.69) is 0 Å². The van der Waals surface area contributed by atoms with E-state index in [9.17, 15) is 15.0 Å². The summed E-state index contributed by atoms with van der Waals surface area (Å²) in [6.45, 7) is 1.54. The van der Waals surface area contributed by atoms with Gasteiger partial charge in [0.25, 0.3) is 0 Å². The van der Waals surface area contributed by atoms with Gasteiger partial charge < -0.3 is 20.2 Å². The summed E-state index contributed by atoms with van der Waals surface area (Å²) < 4.78 is 0. The van der Waals surface area contributed by atoms with Gasteiger partial charge in [-0.15, -0.1) is 0 Å². The van der Waals surface area contributed by atoms with E-state index in [0.717, 1.165) is 0 Å². The van der Waals surface area contributed by atoms with Crippen molar-refractivity contribution in [1.29, 1.82) is 0 Å². The molecule has 5 heteroatoms.